The Hall–Kier alpha value is -0.180. The summed E-state index contributed by atoms with van der Waals surface area (Å²) in [5.41, 5.74) is 5.75. The van der Waals surface area contributed by atoms with E-state index in [0.717, 1.165) is 25.7 Å². The van der Waals surface area contributed by atoms with Crippen LogP contribution in [0.5, 0.6) is 0 Å². The molecule has 0 spiro atoms. The molecule has 1 aliphatic heterocycles. The van der Waals surface area contributed by atoms with Crippen molar-refractivity contribution in [3.63, 3.8) is 0 Å². The van der Waals surface area contributed by atoms with Crippen molar-refractivity contribution in [3.05, 3.63) is 0 Å². The second kappa shape index (κ2) is 5.90. The Morgan fingerprint density at radius 1 is 1.20 bits per heavy atom. The van der Waals surface area contributed by atoms with Gasteiger partial charge in [0, 0.05) is 13.1 Å². The fourth-order valence-corrected chi connectivity index (χ4v) is 7.90. The first-order chi connectivity index (χ1) is 9.28. The molecule has 0 aromatic carbocycles. The normalized spacial score (nSPS) is 34.5. The highest BCUT2D eigenvalue weighted by Gasteiger charge is 2.42. The summed E-state index contributed by atoms with van der Waals surface area (Å²) >= 11 is 0. The van der Waals surface area contributed by atoms with Gasteiger partial charge < -0.3 is 5.73 Å². The quantitative estimate of drug-likeness (QED) is 0.782. The molecule has 0 radical (unpaired) electrons. The fraction of sp³-hybridized carbons (Fsp3) is 1.00. The van der Waals surface area contributed by atoms with Gasteiger partial charge in [-0.3, -0.25) is 0 Å². The van der Waals surface area contributed by atoms with Crippen molar-refractivity contribution in [2.24, 2.45) is 11.7 Å². The smallest absolute Gasteiger partial charge is 0.218 e. The Bertz CT molecular complexity index is 544. The summed E-state index contributed by atoms with van der Waals surface area (Å²) in [5.74, 6) is -0.0726. The Balaban J connectivity index is 2.16. The molecule has 20 heavy (non-hydrogen) atoms. The molecule has 2 fully saturated rings. The first-order valence-corrected chi connectivity index (χ1v) is 10.5. The minimum absolute atomic E-state index is 0.0181. The van der Waals surface area contributed by atoms with Gasteiger partial charge in [-0.25, -0.2) is 21.1 Å². The summed E-state index contributed by atoms with van der Waals surface area (Å²) < 4.78 is 49.6. The lowest BCUT2D eigenvalue weighted by Gasteiger charge is -2.37. The van der Waals surface area contributed by atoms with Crippen molar-refractivity contribution in [2.75, 3.05) is 25.1 Å². The van der Waals surface area contributed by atoms with Crippen molar-refractivity contribution in [1.29, 1.82) is 0 Å². The summed E-state index contributed by atoms with van der Waals surface area (Å²) in [7, 11) is -5.16. The van der Waals surface area contributed by atoms with Gasteiger partial charge in [0.05, 0.1) is 16.8 Å². The number of hydrogen-bond acceptors (Lipinski definition) is 5. The Morgan fingerprint density at radius 2 is 1.85 bits per heavy atom. The zero-order chi connectivity index (χ0) is 15.0. The first-order valence-electron chi connectivity index (χ1n) is 7.15. The monoisotopic (exact) mass is 324 g/mol. The van der Waals surface area contributed by atoms with Crippen LogP contribution < -0.4 is 5.73 Å². The molecular formula is C12H24N2O4S2. The lowest BCUT2D eigenvalue weighted by molar-refractivity contribution is 0.203. The van der Waals surface area contributed by atoms with Crippen molar-refractivity contribution in [1.82, 2.24) is 4.31 Å². The van der Waals surface area contributed by atoms with E-state index >= 15 is 0 Å². The molecule has 2 rings (SSSR count). The Labute approximate surface area is 121 Å². The van der Waals surface area contributed by atoms with Crippen LogP contribution in [-0.4, -0.2) is 57.5 Å². The maximum atomic E-state index is 12.6. The van der Waals surface area contributed by atoms with Crippen LogP contribution in [0.1, 0.15) is 32.1 Å². The third kappa shape index (κ3) is 3.18. The number of sulfone groups is 1. The van der Waals surface area contributed by atoms with Crippen molar-refractivity contribution < 1.29 is 16.8 Å². The topological polar surface area (TPSA) is 97.5 Å². The van der Waals surface area contributed by atoms with Gasteiger partial charge in [0.2, 0.25) is 10.0 Å². The molecule has 2 N–H and O–H groups in total. The summed E-state index contributed by atoms with van der Waals surface area (Å²) in [4.78, 5) is 0. The van der Waals surface area contributed by atoms with Crippen molar-refractivity contribution in [3.8, 4) is 0 Å². The molecule has 0 aromatic heterocycles. The molecule has 8 heteroatoms. The molecule has 118 valence electrons. The summed E-state index contributed by atoms with van der Waals surface area (Å²) in [6.07, 6.45) is 4.07. The molecule has 0 amide bonds. The average Bonchev–Trinajstić information content (AvgIpc) is 2.78. The van der Waals surface area contributed by atoms with E-state index in [4.69, 9.17) is 5.73 Å². The van der Waals surface area contributed by atoms with Gasteiger partial charge in [0.25, 0.3) is 0 Å². The predicted molar refractivity (Wildman–Crippen MR) is 78.5 cm³/mol. The lowest BCUT2D eigenvalue weighted by atomic mass is 9.85. The number of nitrogens with zero attached hydrogens (tertiary/aromatic N) is 1. The summed E-state index contributed by atoms with van der Waals surface area (Å²) in [5, 5.41) is -0.780. The molecule has 6 nitrogen and oxygen atoms in total. The molecule has 0 aromatic rings. The van der Waals surface area contributed by atoms with E-state index in [2.05, 4.69) is 0 Å². The average molecular weight is 324 g/mol. The molecule has 3 atom stereocenters. The van der Waals surface area contributed by atoms with E-state index < -0.39 is 25.1 Å². The van der Waals surface area contributed by atoms with E-state index in [1.165, 1.54) is 4.31 Å². The van der Waals surface area contributed by atoms with Crippen LogP contribution in [0.3, 0.4) is 0 Å². The molecule has 2 aliphatic rings. The second-order valence-electron chi connectivity index (χ2n) is 5.93. The largest absolute Gasteiger partial charge is 0.330 e. The number of nitrogens with two attached hydrogens (primary N) is 1. The third-order valence-electron chi connectivity index (χ3n) is 4.65. The first kappa shape index (κ1) is 16.2. The molecule has 3 unspecified atom stereocenters. The van der Waals surface area contributed by atoms with Gasteiger partial charge in [-0.1, -0.05) is 12.8 Å². The standard InChI is InChI=1S/C12H24N2O4S2/c1-14(12-5-3-2-4-10(12)8-13)20(17,18)11-6-7-19(15,16)9-11/h10-12H,2-9,13H2,1H3. The molecular weight excluding hydrogens is 300 g/mol. The van der Waals surface area contributed by atoms with Crippen molar-refractivity contribution in [2.45, 2.75) is 43.4 Å². The Kier molecular flexibility index (Phi) is 4.78. The fourth-order valence-electron chi connectivity index (χ4n) is 3.36. The highest BCUT2D eigenvalue weighted by molar-refractivity contribution is 7.95. The van der Waals surface area contributed by atoms with Gasteiger partial charge in [-0.15, -0.1) is 0 Å². The minimum Gasteiger partial charge on any atom is -0.330 e. The molecule has 1 heterocycles. The van der Waals surface area contributed by atoms with Gasteiger partial charge >= 0.3 is 0 Å². The maximum absolute atomic E-state index is 12.6. The van der Waals surface area contributed by atoms with Crippen molar-refractivity contribution >= 4 is 19.9 Å². The molecule has 1 saturated heterocycles. The zero-order valence-electron chi connectivity index (χ0n) is 11.9. The molecule has 1 saturated carbocycles. The third-order valence-corrected chi connectivity index (χ3v) is 8.95. The summed E-state index contributed by atoms with van der Waals surface area (Å²) in [6.45, 7) is 0.480. The van der Waals surface area contributed by atoms with Gasteiger partial charge in [0.1, 0.15) is 0 Å². The van der Waals surface area contributed by atoms with Gasteiger partial charge in [-0.2, -0.15) is 0 Å². The van der Waals surface area contributed by atoms with Crippen LogP contribution in [0, 0.1) is 5.92 Å². The summed E-state index contributed by atoms with van der Waals surface area (Å²) in [6, 6.07) is -0.0814. The second-order valence-corrected chi connectivity index (χ2v) is 10.4. The van der Waals surface area contributed by atoms with E-state index in [1.807, 2.05) is 0 Å². The van der Waals surface area contributed by atoms with Crippen LogP contribution in [0.15, 0.2) is 0 Å². The highest BCUT2D eigenvalue weighted by Crippen LogP contribution is 2.31. The van der Waals surface area contributed by atoms with Gasteiger partial charge in [0.15, 0.2) is 9.84 Å². The number of sulfonamides is 1. The lowest BCUT2D eigenvalue weighted by Crippen LogP contribution is -2.49. The Morgan fingerprint density at radius 3 is 2.40 bits per heavy atom. The van der Waals surface area contributed by atoms with E-state index in [0.29, 0.717) is 6.54 Å². The predicted octanol–water partition coefficient (Wildman–Crippen LogP) is -0.0474. The number of rotatable bonds is 4. The van der Waals surface area contributed by atoms with E-state index in [9.17, 15) is 16.8 Å². The molecule has 1 aliphatic carbocycles. The van der Waals surface area contributed by atoms with Crippen LogP contribution in [0.4, 0.5) is 0 Å². The molecule has 0 bridgehead atoms. The van der Waals surface area contributed by atoms with E-state index in [-0.39, 0.29) is 29.9 Å². The SMILES string of the molecule is CN(C1CCCCC1CN)S(=O)(=O)C1CCS(=O)(=O)C1. The minimum atomic E-state index is -3.55. The van der Waals surface area contributed by atoms with Crippen LogP contribution >= 0.6 is 0 Å². The van der Waals surface area contributed by atoms with Crippen LogP contribution in [0.25, 0.3) is 0 Å². The number of hydrogen-bond donors (Lipinski definition) is 1. The van der Waals surface area contributed by atoms with E-state index in [1.54, 1.807) is 7.05 Å². The van der Waals surface area contributed by atoms with Gasteiger partial charge in [-0.05, 0) is 31.7 Å². The maximum Gasteiger partial charge on any atom is 0.218 e. The highest BCUT2D eigenvalue weighted by atomic mass is 32.2. The zero-order valence-corrected chi connectivity index (χ0v) is 13.5. The van der Waals surface area contributed by atoms with Crippen LogP contribution in [-0.2, 0) is 19.9 Å². The van der Waals surface area contributed by atoms with Crippen LogP contribution in [0.2, 0.25) is 0 Å².